The van der Waals surface area contributed by atoms with Crippen LogP contribution in [0.2, 0.25) is 0 Å². The average Bonchev–Trinajstić information content (AvgIpc) is 2.95. The summed E-state index contributed by atoms with van der Waals surface area (Å²) in [5.41, 5.74) is 3.83. The Balaban J connectivity index is 1.92. The molecule has 8 heteroatoms. The second-order valence-electron chi connectivity index (χ2n) is 7.92. The van der Waals surface area contributed by atoms with Crippen LogP contribution in [0.3, 0.4) is 0 Å². The standard InChI is InChI=1S/C24H25BrN2O5/c1-12-9-17-21(23(28)20(12)24(29)32-4)22(27-16-8-6-5-7-15(16)26-17)13-10-18(30-2)19(31-3)11-14(13)25/h5-8,10-12,20,22,26-27H,9H2,1-4H3/t12-,20-,22-/m0/s1. The van der Waals surface area contributed by atoms with Gasteiger partial charge in [-0.1, -0.05) is 35.0 Å². The zero-order valence-corrected chi connectivity index (χ0v) is 19.9. The van der Waals surface area contributed by atoms with E-state index in [1.54, 1.807) is 14.2 Å². The molecule has 0 aromatic heterocycles. The number of fused-ring (bicyclic) bond motifs is 1. The molecule has 2 aromatic carbocycles. The number of hydrogen-bond acceptors (Lipinski definition) is 7. The van der Waals surface area contributed by atoms with Crippen LogP contribution >= 0.6 is 15.9 Å². The summed E-state index contributed by atoms with van der Waals surface area (Å²) in [6.07, 6.45) is 0.540. The molecule has 1 heterocycles. The highest BCUT2D eigenvalue weighted by Gasteiger charge is 2.44. The van der Waals surface area contributed by atoms with Gasteiger partial charge in [0.25, 0.3) is 0 Å². The van der Waals surface area contributed by atoms with Crippen LogP contribution in [-0.4, -0.2) is 33.1 Å². The summed E-state index contributed by atoms with van der Waals surface area (Å²) in [6, 6.07) is 10.9. The van der Waals surface area contributed by atoms with Gasteiger partial charge in [0.2, 0.25) is 0 Å². The van der Waals surface area contributed by atoms with E-state index in [9.17, 15) is 9.59 Å². The molecule has 0 unspecified atom stereocenters. The molecular weight excluding hydrogens is 476 g/mol. The summed E-state index contributed by atoms with van der Waals surface area (Å²) < 4.78 is 16.6. The summed E-state index contributed by atoms with van der Waals surface area (Å²) in [5, 5.41) is 6.95. The molecule has 0 bridgehead atoms. The Morgan fingerprint density at radius 2 is 1.72 bits per heavy atom. The van der Waals surface area contributed by atoms with E-state index in [2.05, 4.69) is 26.6 Å². The fraction of sp³-hybridized carbons (Fsp3) is 0.333. The number of carbonyl (C=O) groups excluding carboxylic acids is 2. The summed E-state index contributed by atoms with van der Waals surface area (Å²) in [7, 11) is 4.45. The normalized spacial score (nSPS) is 22.0. The quantitative estimate of drug-likeness (QED) is 0.464. The largest absolute Gasteiger partial charge is 0.493 e. The monoisotopic (exact) mass is 500 g/mol. The summed E-state index contributed by atoms with van der Waals surface area (Å²) in [4.78, 5) is 26.2. The van der Waals surface area contributed by atoms with Gasteiger partial charge in [-0.25, -0.2) is 0 Å². The Kier molecular flexibility index (Phi) is 6.15. The highest BCUT2D eigenvalue weighted by Crippen LogP contribution is 2.46. The van der Waals surface area contributed by atoms with Gasteiger partial charge in [0.05, 0.1) is 38.7 Å². The number of benzene rings is 2. The van der Waals surface area contributed by atoms with Crippen molar-refractivity contribution in [1.29, 1.82) is 0 Å². The lowest BCUT2D eigenvalue weighted by Crippen LogP contribution is -2.39. The van der Waals surface area contributed by atoms with Crippen molar-refractivity contribution in [2.24, 2.45) is 11.8 Å². The molecule has 32 heavy (non-hydrogen) atoms. The molecule has 168 valence electrons. The highest BCUT2D eigenvalue weighted by molar-refractivity contribution is 9.10. The Morgan fingerprint density at radius 1 is 1.06 bits per heavy atom. The number of para-hydroxylation sites is 2. The van der Waals surface area contributed by atoms with Crippen LogP contribution in [-0.2, 0) is 14.3 Å². The van der Waals surface area contributed by atoms with Crippen molar-refractivity contribution in [3.05, 3.63) is 57.7 Å². The minimum absolute atomic E-state index is 0.194. The molecular formula is C24H25BrN2O5. The second kappa shape index (κ2) is 8.86. The lowest BCUT2D eigenvalue weighted by Gasteiger charge is -2.33. The lowest BCUT2D eigenvalue weighted by molar-refractivity contribution is -0.151. The first-order chi connectivity index (χ1) is 15.4. The first-order valence-electron chi connectivity index (χ1n) is 10.3. The third-order valence-corrected chi connectivity index (χ3v) is 6.73. The summed E-state index contributed by atoms with van der Waals surface area (Å²) >= 11 is 3.64. The molecule has 3 atom stereocenters. The van der Waals surface area contributed by atoms with Gasteiger partial charge in [-0.2, -0.15) is 0 Å². The maximum absolute atomic E-state index is 13.7. The van der Waals surface area contributed by atoms with E-state index in [1.165, 1.54) is 7.11 Å². The van der Waals surface area contributed by atoms with Gasteiger partial charge in [0.15, 0.2) is 17.3 Å². The number of Topliss-reactive ketones (excluding diaryl/α,β-unsaturated/α-hetero) is 1. The molecule has 7 nitrogen and oxygen atoms in total. The molecule has 2 aliphatic rings. The number of hydrogen-bond donors (Lipinski definition) is 2. The maximum atomic E-state index is 13.7. The molecule has 0 saturated carbocycles. The molecule has 0 amide bonds. The minimum Gasteiger partial charge on any atom is -0.493 e. The molecule has 0 fully saturated rings. The fourth-order valence-electron chi connectivity index (χ4n) is 4.46. The number of nitrogens with one attached hydrogen (secondary N) is 2. The van der Waals surface area contributed by atoms with Gasteiger partial charge in [0, 0.05) is 15.7 Å². The van der Waals surface area contributed by atoms with Gasteiger partial charge in [0.1, 0.15) is 5.92 Å². The maximum Gasteiger partial charge on any atom is 0.316 e. The third-order valence-electron chi connectivity index (χ3n) is 6.04. The van der Waals surface area contributed by atoms with Crippen molar-refractivity contribution in [1.82, 2.24) is 0 Å². The zero-order valence-electron chi connectivity index (χ0n) is 18.3. The fourth-order valence-corrected chi connectivity index (χ4v) is 5.01. The van der Waals surface area contributed by atoms with Crippen molar-refractivity contribution >= 4 is 39.1 Å². The Hall–Kier alpha value is -3.00. The van der Waals surface area contributed by atoms with E-state index in [0.717, 1.165) is 27.1 Å². The molecule has 0 spiro atoms. The molecule has 0 radical (unpaired) electrons. The number of rotatable bonds is 4. The number of ketones is 1. The van der Waals surface area contributed by atoms with Gasteiger partial charge in [-0.05, 0) is 42.2 Å². The molecule has 1 aliphatic carbocycles. The van der Waals surface area contributed by atoms with Gasteiger partial charge in [-0.3, -0.25) is 9.59 Å². The summed E-state index contributed by atoms with van der Waals surface area (Å²) in [5.74, 6) is -0.696. The predicted molar refractivity (Wildman–Crippen MR) is 125 cm³/mol. The first kappa shape index (κ1) is 22.2. The Labute approximate surface area is 195 Å². The molecule has 2 N–H and O–H groups in total. The number of esters is 1. The molecule has 2 aromatic rings. The molecule has 0 saturated heterocycles. The minimum atomic E-state index is -0.856. The van der Waals surface area contributed by atoms with Crippen LogP contribution in [0, 0.1) is 11.8 Å². The van der Waals surface area contributed by atoms with Crippen LogP contribution in [0.15, 0.2) is 52.1 Å². The van der Waals surface area contributed by atoms with E-state index in [-0.39, 0.29) is 11.7 Å². The van der Waals surface area contributed by atoms with Gasteiger partial charge >= 0.3 is 5.97 Å². The first-order valence-corrected chi connectivity index (χ1v) is 11.1. The Morgan fingerprint density at radius 3 is 2.38 bits per heavy atom. The van der Waals surface area contributed by atoms with Gasteiger partial charge < -0.3 is 24.8 Å². The molecule has 1 aliphatic heterocycles. The van der Waals surface area contributed by atoms with Crippen molar-refractivity contribution in [2.45, 2.75) is 19.4 Å². The molecule has 4 rings (SSSR count). The van der Waals surface area contributed by atoms with E-state index in [4.69, 9.17) is 14.2 Å². The highest BCUT2D eigenvalue weighted by atomic mass is 79.9. The topological polar surface area (TPSA) is 85.9 Å². The smallest absolute Gasteiger partial charge is 0.316 e. The van der Waals surface area contributed by atoms with Crippen molar-refractivity contribution in [3.8, 4) is 11.5 Å². The lowest BCUT2D eigenvalue weighted by atomic mass is 9.75. The Bertz CT molecular complexity index is 1110. The number of allylic oxidation sites excluding steroid dienone is 1. The summed E-state index contributed by atoms with van der Waals surface area (Å²) in [6.45, 7) is 1.90. The van der Waals surface area contributed by atoms with Crippen LogP contribution < -0.4 is 20.1 Å². The number of halogens is 1. The van der Waals surface area contributed by atoms with E-state index >= 15 is 0 Å². The average molecular weight is 501 g/mol. The van der Waals surface area contributed by atoms with Crippen LogP contribution in [0.25, 0.3) is 0 Å². The van der Waals surface area contributed by atoms with E-state index in [1.807, 2.05) is 43.3 Å². The van der Waals surface area contributed by atoms with E-state index < -0.39 is 17.9 Å². The SMILES string of the molecule is COC(=O)[C@@H]1C(=O)C2=C(C[C@@H]1C)Nc1ccccc1N[C@H]2c1cc(OC)c(OC)cc1Br. The second-order valence-corrected chi connectivity index (χ2v) is 8.77. The number of methoxy groups -OCH3 is 3. The number of anilines is 2. The zero-order chi connectivity index (χ0) is 23.0. The van der Waals surface area contributed by atoms with Crippen LogP contribution in [0.4, 0.5) is 11.4 Å². The van der Waals surface area contributed by atoms with Crippen LogP contribution in [0.5, 0.6) is 11.5 Å². The van der Waals surface area contributed by atoms with Crippen molar-refractivity contribution in [2.75, 3.05) is 32.0 Å². The van der Waals surface area contributed by atoms with Crippen molar-refractivity contribution < 1.29 is 23.8 Å². The predicted octanol–water partition coefficient (Wildman–Crippen LogP) is 4.70. The number of carbonyl (C=O) groups is 2. The third kappa shape index (κ3) is 3.72. The van der Waals surface area contributed by atoms with Crippen molar-refractivity contribution in [3.63, 3.8) is 0 Å². The van der Waals surface area contributed by atoms with Crippen LogP contribution in [0.1, 0.15) is 24.9 Å². The van der Waals surface area contributed by atoms with Gasteiger partial charge in [-0.15, -0.1) is 0 Å². The number of ether oxygens (including phenoxy) is 3. The van der Waals surface area contributed by atoms with E-state index in [0.29, 0.717) is 23.5 Å².